The van der Waals surface area contributed by atoms with Gasteiger partial charge in [0, 0.05) is 12.1 Å². The Balaban J connectivity index is 1.50. The van der Waals surface area contributed by atoms with E-state index in [0.717, 1.165) is 30.5 Å². The Morgan fingerprint density at radius 2 is 1.68 bits per heavy atom. The fourth-order valence-corrected chi connectivity index (χ4v) is 5.34. The third kappa shape index (κ3) is 2.49. The van der Waals surface area contributed by atoms with Crippen LogP contribution in [0.25, 0.3) is 0 Å². The standard InChI is InChI=1S/C23H21N3O2/c24-13-15-8-10-17(11-9-15)21-20-19(18-7-4-12-25(18)21)22(27)26(23(20)28)14-16-5-2-1-3-6-16/h1-3,5-6,8-11,18-21H,4,7,12,14H2. The van der Waals surface area contributed by atoms with E-state index in [1.54, 1.807) is 12.1 Å². The highest BCUT2D eigenvalue weighted by atomic mass is 16.2. The number of amides is 2. The molecule has 5 heteroatoms. The van der Waals surface area contributed by atoms with Gasteiger partial charge in [0.05, 0.1) is 30.0 Å². The Bertz CT molecular complexity index is 964. The van der Waals surface area contributed by atoms with Crippen LogP contribution in [0, 0.1) is 23.2 Å². The predicted octanol–water partition coefficient (Wildman–Crippen LogP) is 2.88. The molecule has 5 nitrogen and oxygen atoms in total. The van der Waals surface area contributed by atoms with Crippen LogP contribution >= 0.6 is 0 Å². The number of hydrogen-bond donors (Lipinski definition) is 0. The molecular formula is C23H21N3O2. The second-order valence-electron chi connectivity index (χ2n) is 7.93. The van der Waals surface area contributed by atoms with Gasteiger partial charge >= 0.3 is 0 Å². The molecule has 0 radical (unpaired) electrons. The molecule has 0 aromatic heterocycles. The summed E-state index contributed by atoms with van der Waals surface area (Å²) in [4.78, 5) is 30.4. The largest absolute Gasteiger partial charge is 0.292 e. The minimum atomic E-state index is -0.325. The van der Waals surface area contributed by atoms with Crippen molar-refractivity contribution in [2.75, 3.05) is 6.54 Å². The topological polar surface area (TPSA) is 64.4 Å². The summed E-state index contributed by atoms with van der Waals surface area (Å²) in [6, 6.07) is 19.4. The first-order valence-corrected chi connectivity index (χ1v) is 9.84. The number of hydrogen-bond acceptors (Lipinski definition) is 4. The van der Waals surface area contributed by atoms with Crippen molar-refractivity contribution in [3.05, 3.63) is 71.3 Å². The summed E-state index contributed by atoms with van der Waals surface area (Å²) in [6.45, 7) is 1.26. The van der Waals surface area contributed by atoms with Crippen molar-refractivity contribution in [3.8, 4) is 6.07 Å². The van der Waals surface area contributed by atoms with Crippen molar-refractivity contribution >= 4 is 11.8 Å². The van der Waals surface area contributed by atoms with Gasteiger partial charge in [-0.05, 0) is 42.6 Å². The lowest BCUT2D eigenvalue weighted by molar-refractivity contribution is -0.142. The third-order valence-corrected chi connectivity index (χ3v) is 6.51. The minimum Gasteiger partial charge on any atom is -0.292 e. The van der Waals surface area contributed by atoms with Gasteiger partial charge in [-0.25, -0.2) is 0 Å². The summed E-state index contributed by atoms with van der Waals surface area (Å²) < 4.78 is 0. The summed E-state index contributed by atoms with van der Waals surface area (Å²) >= 11 is 0. The highest BCUT2D eigenvalue weighted by Gasteiger charge is 2.62. The Hall–Kier alpha value is -2.97. The maximum atomic E-state index is 13.4. The minimum absolute atomic E-state index is 0.0214. The number of rotatable bonds is 3. The van der Waals surface area contributed by atoms with Gasteiger partial charge in [0.1, 0.15) is 0 Å². The SMILES string of the molecule is N#Cc1ccc(C2C3C(=O)N(Cc4ccccc4)C(=O)C3C3CCCN32)cc1. The van der Waals surface area contributed by atoms with E-state index < -0.39 is 0 Å². The molecule has 3 aliphatic rings. The number of carbonyl (C=O) groups is 2. The van der Waals surface area contributed by atoms with Crippen molar-refractivity contribution in [3.63, 3.8) is 0 Å². The Labute approximate surface area is 164 Å². The fourth-order valence-electron chi connectivity index (χ4n) is 5.34. The summed E-state index contributed by atoms with van der Waals surface area (Å²) in [7, 11) is 0. The van der Waals surface area contributed by atoms with Crippen LogP contribution in [-0.4, -0.2) is 34.2 Å². The van der Waals surface area contributed by atoms with Crippen molar-refractivity contribution < 1.29 is 9.59 Å². The number of nitrogens with zero attached hydrogens (tertiary/aromatic N) is 3. The van der Waals surface area contributed by atoms with E-state index in [1.807, 2.05) is 42.5 Å². The second-order valence-corrected chi connectivity index (χ2v) is 7.93. The summed E-state index contributed by atoms with van der Waals surface area (Å²) in [5.74, 6) is -0.650. The van der Waals surface area contributed by atoms with Gasteiger partial charge in [-0.15, -0.1) is 0 Å². The van der Waals surface area contributed by atoms with E-state index in [1.165, 1.54) is 4.90 Å². The van der Waals surface area contributed by atoms with E-state index in [9.17, 15) is 9.59 Å². The van der Waals surface area contributed by atoms with Crippen LogP contribution < -0.4 is 0 Å². The molecule has 0 N–H and O–H groups in total. The normalized spacial score (nSPS) is 29.0. The molecule has 0 bridgehead atoms. The van der Waals surface area contributed by atoms with E-state index in [2.05, 4.69) is 11.0 Å². The smallest absolute Gasteiger partial charge is 0.235 e. The Kier molecular flexibility index (Phi) is 4.03. The molecule has 3 aliphatic heterocycles. The quantitative estimate of drug-likeness (QED) is 0.779. The van der Waals surface area contributed by atoms with Gasteiger partial charge in [-0.3, -0.25) is 19.4 Å². The van der Waals surface area contributed by atoms with E-state index in [0.29, 0.717) is 12.1 Å². The zero-order chi connectivity index (χ0) is 19.3. The fraction of sp³-hybridized carbons (Fsp3) is 0.348. The molecule has 3 saturated heterocycles. The monoisotopic (exact) mass is 371 g/mol. The maximum absolute atomic E-state index is 13.4. The average molecular weight is 371 g/mol. The first-order chi connectivity index (χ1) is 13.7. The Morgan fingerprint density at radius 3 is 2.39 bits per heavy atom. The lowest BCUT2D eigenvalue weighted by Crippen LogP contribution is -2.38. The number of imide groups is 1. The molecule has 28 heavy (non-hydrogen) atoms. The highest BCUT2D eigenvalue weighted by Crippen LogP contribution is 2.53. The van der Waals surface area contributed by atoms with Crippen molar-refractivity contribution in [2.45, 2.75) is 31.5 Å². The van der Waals surface area contributed by atoms with Gasteiger partial charge in [0.2, 0.25) is 11.8 Å². The lowest BCUT2D eigenvalue weighted by atomic mass is 9.85. The first-order valence-electron chi connectivity index (χ1n) is 9.84. The Morgan fingerprint density at radius 1 is 0.964 bits per heavy atom. The molecule has 5 rings (SSSR count). The molecule has 2 aromatic carbocycles. The van der Waals surface area contributed by atoms with E-state index in [4.69, 9.17) is 5.26 Å². The third-order valence-electron chi connectivity index (χ3n) is 6.51. The summed E-state index contributed by atoms with van der Waals surface area (Å²) in [5.41, 5.74) is 2.61. The number of nitriles is 1. The van der Waals surface area contributed by atoms with Crippen LogP contribution in [0.5, 0.6) is 0 Å². The zero-order valence-corrected chi connectivity index (χ0v) is 15.5. The molecule has 2 amide bonds. The molecule has 0 saturated carbocycles. The zero-order valence-electron chi connectivity index (χ0n) is 15.5. The van der Waals surface area contributed by atoms with E-state index in [-0.39, 0.29) is 35.7 Å². The molecule has 3 fully saturated rings. The van der Waals surface area contributed by atoms with Crippen molar-refractivity contribution in [1.82, 2.24) is 9.80 Å². The molecule has 0 aliphatic carbocycles. The number of benzene rings is 2. The van der Waals surface area contributed by atoms with Crippen LogP contribution in [0.1, 0.15) is 35.6 Å². The van der Waals surface area contributed by atoms with Crippen LogP contribution in [0.4, 0.5) is 0 Å². The van der Waals surface area contributed by atoms with Gasteiger partial charge in [-0.1, -0.05) is 42.5 Å². The lowest BCUT2D eigenvalue weighted by Gasteiger charge is -2.28. The first kappa shape index (κ1) is 17.2. The second kappa shape index (κ2) is 6.57. The summed E-state index contributed by atoms with van der Waals surface area (Å²) in [5, 5.41) is 9.08. The number of carbonyl (C=O) groups excluding carboxylic acids is 2. The van der Waals surface area contributed by atoms with Crippen molar-refractivity contribution in [2.24, 2.45) is 11.8 Å². The number of fused-ring (bicyclic) bond motifs is 3. The van der Waals surface area contributed by atoms with E-state index >= 15 is 0 Å². The maximum Gasteiger partial charge on any atom is 0.235 e. The van der Waals surface area contributed by atoms with Crippen LogP contribution in [-0.2, 0) is 16.1 Å². The van der Waals surface area contributed by atoms with Crippen LogP contribution in [0.2, 0.25) is 0 Å². The van der Waals surface area contributed by atoms with Gasteiger partial charge < -0.3 is 0 Å². The van der Waals surface area contributed by atoms with Gasteiger partial charge in [0.15, 0.2) is 0 Å². The van der Waals surface area contributed by atoms with Gasteiger partial charge in [0.25, 0.3) is 0 Å². The van der Waals surface area contributed by atoms with Crippen LogP contribution in [0.3, 0.4) is 0 Å². The molecule has 4 unspecified atom stereocenters. The van der Waals surface area contributed by atoms with Gasteiger partial charge in [-0.2, -0.15) is 5.26 Å². The predicted molar refractivity (Wildman–Crippen MR) is 103 cm³/mol. The highest BCUT2D eigenvalue weighted by molar-refractivity contribution is 6.06. The summed E-state index contributed by atoms with van der Waals surface area (Å²) in [6.07, 6.45) is 2.02. The molecule has 2 aromatic rings. The molecule has 4 atom stereocenters. The number of likely N-dealkylation sites (tertiary alicyclic amines) is 1. The molecular weight excluding hydrogens is 350 g/mol. The van der Waals surface area contributed by atoms with Crippen molar-refractivity contribution in [1.29, 1.82) is 5.26 Å². The average Bonchev–Trinajstić information content (AvgIpc) is 3.37. The molecule has 140 valence electrons. The molecule has 3 heterocycles. The van der Waals surface area contributed by atoms with Crippen LogP contribution in [0.15, 0.2) is 54.6 Å². The molecule has 0 spiro atoms.